The Morgan fingerprint density at radius 3 is 2.30 bits per heavy atom. The topological polar surface area (TPSA) is 125 Å². The summed E-state index contributed by atoms with van der Waals surface area (Å²) in [5.74, 6) is -2.99. The summed E-state index contributed by atoms with van der Waals surface area (Å²) < 4.78 is 39.6. The van der Waals surface area contributed by atoms with E-state index in [1.165, 1.54) is 6.92 Å². The van der Waals surface area contributed by atoms with E-state index in [0.29, 0.717) is 44.9 Å². The molecule has 0 aromatic rings. The van der Waals surface area contributed by atoms with Crippen molar-refractivity contribution in [2.75, 3.05) is 13.1 Å². The zero-order chi connectivity index (χ0) is 34.3. The van der Waals surface area contributed by atoms with Gasteiger partial charge in [0.25, 0.3) is 0 Å². The number of rotatable bonds is 5. The number of amides is 1. The quantitative estimate of drug-likeness (QED) is 0.355. The molecule has 0 aliphatic heterocycles. The molecule has 0 radical (unpaired) electrons. The third kappa shape index (κ3) is 4.96. The van der Waals surface area contributed by atoms with Gasteiger partial charge in [0.15, 0.2) is 11.6 Å². The Morgan fingerprint density at radius 1 is 1.04 bits per heavy atom. The van der Waals surface area contributed by atoms with E-state index < -0.39 is 63.5 Å². The number of nitriles is 1. The first-order valence-corrected chi connectivity index (χ1v) is 16.3. The molecule has 2 N–H and O–H groups in total. The number of hydrogen-bond acceptors (Lipinski definition) is 7. The maximum absolute atomic E-state index is 14.6. The fraction of sp³-hybridized carbons (Fsp3) is 0.743. The van der Waals surface area contributed by atoms with Crippen LogP contribution in [0, 0.1) is 61.6 Å². The summed E-state index contributed by atoms with van der Waals surface area (Å²) in [6.07, 6.45) is 2.58. The monoisotopic (exact) mass is 645 g/mol. The third-order valence-corrected chi connectivity index (χ3v) is 13.2. The number of nitrogens with one attached hydrogen (secondary N) is 2. The van der Waals surface area contributed by atoms with Gasteiger partial charge < -0.3 is 10.2 Å². The predicted molar refractivity (Wildman–Crippen MR) is 162 cm³/mol. The van der Waals surface area contributed by atoms with E-state index in [1.807, 2.05) is 6.92 Å². The van der Waals surface area contributed by atoms with E-state index in [0.717, 1.165) is 5.57 Å². The van der Waals surface area contributed by atoms with Crippen LogP contribution in [0.2, 0.25) is 0 Å². The molecule has 252 valence electrons. The molecular weight excluding hydrogens is 599 g/mol. The van der Waals surface area contributed by atoms with Gasteiger partial charge in [-0.25, -0.2) is 0 Å². The lowest BCUT2D eigenvalue weighted by Crippen LogP contribution is -2.67. The number of hydroxylamine groups is 1. The van der Waals surface area contributed by atoms with Crippen LogP contribution in [0.25, 0.3) is 0 Å². The molecule has 11 heteroatoms. The molecule has 8 unspecified atom stereocenters. The Hall–Kier alpha value is -3.00. The third-order valence-electron chi connectivity index (χ3n) is 13.2. The molecule has 5 aliphatic carbocycles. The number of halogens is 3. The largest absolute Gasteiger partial charge is 0.405 e. The molecule has 8 nitrogen and oxygen atoms in total. The Balaban J connectivity index is 1.62. The Labute approximate surface area is 268 Å². The molecule has 5 rings (SSSR count). The van der Waals surface area contributed by atoms with Gasteiger partial charge in [-0.1, -0.05) is 53.2 Å². The molecule has 46 heavy (non-hydrogen) atoms. The fourth-order valence-corrected chi connectivity index (χ4v) is 10.7. The van der Waals surface area contributed by atoms with Crippen molar-refractivity contribution in [3.05, 3.63) is 23.3 Å². The number of hydrogen-bond donors (Lipinski definition) is 2. The summed E-state index contributed by atoms with van der Waals surface area (Å²) in [7, 11) is 0. The van der Waals surface area contributed by atoms with Gasteiger partial charge in [-0.15, -0.1) is 0 Å². The van der Waals surface area contributed by atoms with Crippen molar-refractivity contribution in [2.24, 2.45) is 50.2 Å². The zero-order valence-electron chi connectivity index (χ0n) is 27.9. The van der Waals surface area contributed by atoms with Gasteiger partial charge in [-0.05, 0) is 79.1 Å². The van der Waals surface area contributed by atoms with E-state index in [1.54, 1.807) is 19.1 Å². The second kappa shape index (κ2) is 10.8. The lowest BCUT2D eigenvalue weighted by atomic mass is 9.34. The number of alkyl halides is 3. The lowest BCUT2D eigenvalue weighted by Gasteiger charge is -2.69. The predicted octanol–water partition coefficient (Wildman–Crippen LogP) is 5.93. The van der Waals surface area contributed by atoms with Crippen LogP contribution in [0.1, 0.15) is 93.4 Å². The molecule has 0 aromatic heterocycles. The molecule has 0 heterocycles. The van der Waals surface area contributed by atoms with Crippen LogP contribution in [0.5, 0.6) is 0 Å². The van der Waals surface area contributed by atoms with Gasteiger partial charge in [-0.2, -0.15) is 23.9 Å². The second-order valence-electron chi connectivity index (χ2n) is 16.3. The Kier molecular flexibility index (Phi) is 8.03. The smallest absolute Gasteiger partial charge is 0.371 e. The fourth-order valence-electron chi connectivity index (χ4n) is 10.7. The summed E-state index contributed by atoms with van der Waals surface area (Å²) in [4.78, 5) is 58.6. The molecule has 3 fully saturated rings. The number of carbonyl (C=O) groups is 4. The molecule has 0 spiro atoms. The summed E-state index contributed by atoms with van der Waals surface area (Å²) in [5, 5.41) is 12.3. The minimum Gasteiger partial charge on any atom is -0.371 e. The number of ketones is 2. The number of Topliss-reactive ketones (excluding diaryl/α,β-unsaturated/α-hetero) is 1. The van der Waals surface area contributed by atoms with Gasteiger partial charge >= 0.3 is 12.1 Å². The van der Waals surface area contributed by atoms with Crippen LogP contribution in [-0.2, 0) is 24.0 Å². The minimum atomic E-state index is -4.54. The highest BCUT2D eigenvalue weighted by Crippen LogP contribution is 2.74. The second-order valence-corrected chi connectivity index (χ2v) is 16.3. The summed E-state index contributed by atoms with van der Waals surface area (Å²) >= 11 is 0. The van der Waals surface area contributed by atoms with Crippen molar-refractivity contribution < 1.29 is 37.2 Å². The van der Waals surface area contributed by atoms with Crippen molar-refractivity contribution in [3.8, 4) is 6.07 Å². The van der Waals surface area contributed by atoms with E-state index in [-0.39, 0.29) is 35.0 Å². The van der Waals surface area contributed by atoms with Crippen molar-refractivity contribution >= 4 is 23.4 Å². The summed E-state index contributed by atoms with van der Waals surface area (Å²) in [5.41, 5.74) is -0.943. The van der Waals surface area contributed by atoms with Gasteiger partial charge in [0.2, 0.25) is 5.91 Å². The SMILES string of the molecule is CC(=O)ONCC1(C)C(=O)C(C#N)=CC2(C)C3=CC(=O)C4C5CC(C)(C)CCC5(C(=O)NCC(F)(F)F)CCC4(C)C3(C)CCC21. The molecule has 8 atom stereocenters. The standard InChI is InChI=1S/C35H46F3N3O5/c1-20(42)46-41-18-31(5)24-8-9-32(6)25(30(24,4)15-21(17-39)27(31)44)14-23(43)26-22-16-29(2,3)10-12-34(22,13-11-33(26,32)7)28(45)40-19-35(36,37)38/h14-15,22,24,26,41H,8-13,16,18-19H2,1-7H3,(H,40,45). The van der Waals surface area contributed by atoms with Crippen molar-refractivity contribution in [3.63, 3.8) is 0 Å². The van der Waals surface area contributed by atoms with Crippen LogP contribution < -0.4 is 10.8 Å². The first-order chi connectivity index (χ1) is 21.1. The summed E-state index contributed by atoms with van der Waals surface area (Å²) in [6.45, 7) is 12.0. The summed E-state index contributed by atoms with van der Waals surface area (Å²) in [6, 6.07) is 2.08. The minimum absolute atomic E-state index is 0.00472. The normalized spacial score (nSPS) is 41.4. The highest BCUT2D eigenvalue weighted by molar-refractivity contribution is 6.05. The maximum Gasteiger partial charge on any atom is 0.405 e. The molecule has 0 saturated heterocycles. The number of allylic oxidation sites excluding steroid dienone is 4. The van der Waals surface area contributed by atoms with E-state index in [2.05, 4.69) is 44.6 Å². The van der Waals surface area contributed by atoms with E-state index in [9.17, 15) is 37.6 Å². The Bertz CT molecular complexity index is 1480. The van der Waals surface area contributed by atoms with Crippen LogP contribution in [0.4, 0.5) is 13.2 Å². The molecule has 0 aromatic carbocycles. The van der Waals surface area contributed by atoms with Crippen molar-refractivity contribution in [2.45, 2.75) is 99.6 Å². The molecule has 0 bridgehead atoms. The number of fused-ring (bicyclic) bond motifs is 7. The van der Waals surface area contributed by atoms with Gasteiger partial charge in [0.05, 0.1) is 16.4 Å². The van der Waals surface area contributed by atoms with Crippen LogP contribution in [-0.4, -0.2) is 42.7 Å². The molecule has 5 aliphatic rings. The Morgan fingerprint density at radius 2 is 1.70 bits per heavy atom. The van der Waals surface area contributed by atoms with Crippen molar-refractivity contribution in [1.29, 1.82) is 5.26 Å². The van der Waals surface area contributed by atoms with Gasteiger partial charge in [0.1, 0.15) is 12.6 Å². The zero-order valence-corrected chi connectivity index (χ0v) is 27.9. The first kappa shape index (κ1) is 34.3. The molecular formula is C35H46F3N3O5. The average molecular weight is 646 g/mol. The average Bonchev–Trinajstić information content (AvgIpc) is 2.94. The number of carbonyl (C=O) groups excluding carboxylic acids is 4. The van der Waals surface area contributed by atoms with Crippen LogP contribution in [0.15, 0.2) is 23.3 Å². The van der Waals surface area contributed by atoms with Crippen LogP contribution >= 0.6 is 0 Å². The van der Waals surface area contributed by atoms with Gasteiger partial charge in [-0.3, -0.25) is 19.2 Å². The highest BCUT2D eigenvalue weighted by atomic mass is 19.4. The number of nitrogens with zero attached hydrogens (tertiary/aromatic N) is 1. The molecule has 3 saturated carbocycles. The maximum atomic E-state index is 14.6. The first-order valence-electron chi connectivity index (χ1n) is 16.3. The highest BCUT2D eigenvalue weighted by Gasteiger charge is 2.71. The van der Waals surface area contributed by atoms with E-state index in [4.69, 9.17) is 4.84 Å². The van der Waals surface area contributed by atoms with Crippen molar-refractivity contribution in [1.82, 2.24) is 10.8 Å². The van der Waals surface area contributed by atoms with Crippen LogP contribution in [0.3, 0.4) is 0 Å². The molecule has 1 amide bonds. The lowest BCUT2D eigenvalue weighted by molar-refractivity contribution is -0.182. The van der Waals surface area contributed by atoms with E-state index >= 15 is 0 Å². The van der Waals surface area contributed by atoms with Gasteiger partial charge in [0, 0.05) is 24.8 Å².